The molecule has 0 amide bonds. The summed E-state index contributed by atoms with van der Waals surface area (Å²) in [4.78, 5) is 0. The Bertz CT molecular complexity index is 78.1. The third kappa shape index (κ3) is 7.86. The summed E-state index contributed by atoms with van der Waals surface area (Å²) in [6, 6.07) is 0. The zero-order valence-corrected chi connectivity index (χ0v) is 6.68. The van der Waals surface area contributed by atoms with Crippen molar-refractivity contribution < 1.29 is 30.6 Å². The van der Waals surface area contributed by atoms with Crippen LogP contribution in [-0.4, -0.2) is 64.5 Å². The van der Waals surface area contributed by atoms with Crippen LogP contribution in [-0.2, 0) is 4.74 Å². The number of aliphatic hydroxyl groups excluding tert-OH is 4. The van der Waals surface area contributed by atoms with Crippen LogP contribution >= 0.6 is 0 Å². The highest BCUT2D eigenvalue weighted by Gasteiger charge is 2.04. The van der Waals surface area contributed by atoms with Crippen molar-refractivity contribution in [1.29, 1.82) is 0 Å². The first-order chi connectivity index (χ1) is 5.20. The summed E-state index contributed by atoms with van der Waals surface area (Å²) in [6.07, 6.45) is -1.83. The lowest BCUT2D eigenvalue weighted by Crippen LogP contribution is -2.25. The van der Waals surface area contributed by atoms with E-state index >= 15 is 0 Å². The van der Waals surface area contributed by atoms with E-state index in [1.165, 1.54) is 0 Å². The second kappa shape index (κ2) is 8.85. The molecule has 2 unspecified atom stereocenters. The third-order valence-corrected chi connectivity index (χ3v) is 1.04. The summed E-state index contributed by atoms with van der Waals surface area (Å²) < 4.78 is 4.72. The zero-order valence-electron chi connectivity index (χ0n) is 6.68. The molecule has 0 heterocycles. The summed E-state index contributed by atoms with van der Waals surface area (Å²) in [6.45, 7) is -0.800. The summed E-state index contributed by atoms with van der Waals surface area (Å²) in [7, 11) is 0. The van der Waals surface area contributed by atoms with E-state index < -0.39 is 12.2 Å². The Balaban J connectivity index is 0. The van der Waals surface area contributed by atoms with Gasteiger partial charge in [0.25, 0.3) is 0 Å². The van der Waals surface area contributed by atoms with E-state index in [1.807, 2.05) is 0 Å². The van der Waals surface area contributed by atoms with E-state index in [1.54, 1.807) is 0 Å². The molecular formula is C6H16O6. The molecule has 0 aliphatic rings. The van der Waals surface area contributed by atoms with Gasteiger partial charge in [0.05, 0.1) is 26.4 Å². The number of aliphatic hydroxyl groups is 4. The minimum atomic E-state index is -0.916. The Morgan fingerprint density at radius 3 is 1.50 bits per heavy atom. The normalized spacial score (nSPS) is 15.0. The molecule has 6 N–H and O–H groups in total. The fraction of sp³-hybridized carbons (Fsp3) is 1.00. The van der Waals surface area contributed by atoms with Crippen LogP contribution in [0.1, 0.15) is 0 Å². The lowest BCUT2D eigenvalue weighted by Gasteiger charge is -2.10. The second-order valence-corrected chi connectivity index (χ2v) is 2.21. The first-order valence-electron chi connectivity index (χ1n) is 3.36. The van der Waals surface area contributed by atoms with E-state index in [4.69, 9.17) is 25.2 Å². The highest BCUT2D eigenvalue weighted by atomic mass is 16.5. The van der Waals surface area contributed by atoms with Crippen molar-refractivity contribution in [3.63, 3.8) is 0 Å². The van der Waals surface area contributed by atoms with Crippen LogP contribution in [0.25, 0.3) is 0 Å². The molecule has 6 nitrogen and oxygen atoms in total. The van der Waals surface area contributed by atoms with Crippen molar-refractivity contribution >= 4 is 0 Å². The molecule has 0 bridgehead atoms. The van der Waals surface area contributed by atoms with Crippen LogP contribution in [0, 0.1) is 0 Å². The van der Waals surface area contributed by atoms with Crippen molar-refractivity contribution in [3.8, 4) is 0 Å². The molecular weight excluding hydrogens is 168 g/mol. The monoisotopic (exact) mass is 184 g/mol. The molecule has 0 fully saturated rings. The van der Waals surface area contributed by atoms with E-state index in [-0.39, 0.29) is 31.9 Å². The minimum absolute atomic E-state index is 0. The highest BCUT2D eigenvalue weighted by Crippen LogP contribution is 1.87. The molecule has 12 heavy (non-hydrogen) atoms. The molecule has 0 aromatic rings. The maximum Gasteiger partial charge on any atom is 0.100 e. The number of rotatable bonds is 6. The molecule has 0 aromatic carbocycles. The van der Waals surface area contributed by atoms with Crippen molar-refractivity contribution in [2.24, 2.45) is 0 Å². The molecule has 0 saturated heterocycles. The van der Waals surface area contributed by atoms with Crippen LogP contribution in [0.3, 0.4) is 0 Å². The van der Waals surface area contributed by atoms with Gasteiger partial charge in [0.15, 0.2) is 0 Å². The molecule has 2 atom stereocenters. The number of hydrogen-bond acceptors (Lipinski definition) is 5. The summed E-state index contributed by atoms with van der Waals surface area (Å²) in [5.41, 5.74) is 0. The molecule has 76 valence electrons. The number of hydrogen-bond donors (Lipinski definition) is 4. The minimum Gasteiger partial charge on any atom is -0.412 e. The van der Waals surface area contributed by atoms with E-state index in [0.717, 1.165) is 0 Å². The Kier molecular flexibility index (Phi) is 10.5. The van der Waals surface area contributed by atoms with Gasteiger partial charge in [-0.15, -0.1) is 0 Å². The Hall–Kier alpha value is -0.240. The van der Waals surface area contributed by atoms with Crippen LogP contribution in [0.4, 0.5) is 0 Å². The van der Waals surface area contributed by atoms with Gasteiger partial charge in [0, 0.05) is 0 Å². The first kappa shape index (κ1) is 14.3. The Labute approximate surface area is 70.3 Å². The van der Waals surface area contributed by atoms with E-state index in [2.05, 4.69) is 0 Å². The van der Waals surface area contributed by atoms with Gasteiger partial charge in [-0.05, 0) is 0 Å². The zero-order chi connectivity index (χ0) is 8.69. The van der Waals surface area contributed by atoms with Gasteiger partial charge in [-0.1, -0.05) is 0 Å². The maximum atomic E-state index is 8.72. The number of ether oxygens (including phenoxy) is 1. The van der Waals surface area contributed by atoms with E-state index in [0.29, 0.717) is 0 Å². The molecule has 0 saturated carbocycles. The van der Waals surface area contributed by atoms with Gasteiger partial charge >= 0.3 is 0 Å². The predicted molar refractivity (Wildman–Crippen MR) is 40.6 cm³/mol. The van der Waals surface area contributed by atoms with Crippen molar-refractivity contribution in [2.75, 3.05) is 26.4 Å². The van der Waals surface area contributed by atoms with Gasteiger partial charge in [0.2, 0.25) is 0 Å². The van der Waals surface area contributed by atoms with Crippen LogP contribution in [0.5, 0.6) is 0 Å². The van der Waals surface area contributed by atoms with Crippen molar-refractivity contribution in [2.45, 2.75) is 12.2 Å². The summed E-state index contributed by atoms with van der Waals surface area (Å²) in [5, 5.41) is 34.1. The smallest absolute Gasteiger partial charge is 0.100 e. The third-order valence-electron chi connectivity index (χ3n) is 1.04. The standard InChI is InChI=1S/C6H14O5.H2O/c7-1-5(9)3-11-4-6(10)2-8;/h5-10H,1-4H2;1H2. The van der Waals surface area contributed by atoms with Crippen molar-refractivity contribution in [3.05, 3.63) is 0 Å². The molecule has 0 spiro atoms. The molecule has 0 rings (SSSR count). The fourth-order valence-corrected chi connectivity index (χ4v) is 0.446. The Morgan fingerprint density at radius 2 is 1.25 bits per heavy atom. The highest BCUT2D eigenvalue weighted by molar-refractivity contribution is 4.52. The van der Waals surface area contributed by atoms with Crippen LogP contribution in [0.15, 0.2) is 0 Å². The fourth-order valence-electron chi connectivity index (χ4n) is 0.446. The van der Waals surface area contributed by atoms with Crippen LogP contribution in [0.2, 0.25) is 0 Å². The summed E-state index contributed by atoms with van der Waals surface area (Å²) in [5.74, 6) is 0. The first-order valence-corrected chi connectivity index (χ1v) is 3.36. The quantitative estimate of drug-likeness (QED) is 0.348. The molecule has 0 radical (unpaired) electrons. The van der Waals surface area contributed by atoms with Gasteiger partial charge in [-0.3, -0.25) is 0 Å². The van der Waals surface area contributed by atoms with Crippen LogP contribution < -0.4 is 0 Å². The van der Waals surface area contributed by atoms with Gasteiger partial charge in [-0.2, -0.15) is 0 Å². The lowest BCUT2D eigenvalue weighted by molar-refractivity contribution is -0.0364. The van der Waals surface area contributed by atoms with Gasteiger partial charge in [0.1, 0.15) is 12.2 Å². The Morgan fingerprint density at radius 1 is 0.917 bits per heavy atom. The molecule has 0 aromatic heterocycles. The predicted octanol–water partition coefficient (Wildman–Crippen LogP) is -3.12. The SMILES string of the molecule is O.OCC(O)COCC(O)CO. The van der Waals surface area contributed by atoms with Crippen molar-refractivity contribution in [1.82, 2.24) is 0 Å². The molecule has 0 aliphatic carbocycles. The topological polar surface area (TPSA) is 122 Å². The maximum absolute atomic E-state index is 8.72. The average molecular weight is 184 g/mol. The largest absolute Gasteiger partial charge is 0.412 e. The second-order valence-electron chi connectivity index (χ2n) is 2.21. The summed E-state index contributed by atoms with van der Waals surface area (Å²) >= 11 is 0. The van der Waals surface area contributed by atoms with Gasteiger partial charge in [-0.25, -0.2) is 0 Å². The van der Waals surface area contributed by atoms with Gasteiger partial charge < -0.3 is 30.6 Å². The molecule has 6 heteroatoms. The average Bonchev–Trinajstić information content (AvgIpc) is 2.04. The van der Waals surface area contributed by atoms with E-state index in [9.17, 15) is 0 Å². The lowest BCUT2D eigenvalue weighted by atomic mass is 10.4. The molecule has 0 aliphatic heterocycles.